The maximum atomic E-state index is 9.08. The summed E-state index contributed by atoms with van der Waals surface area (Å²) in [5, 5.41) is 9.08. The number of hydrogen-bond acceptors (Lipinski definition) is 2. The van der Waals surface area contributed by atoms with Crippen molar-refractivity contribution in [3.8, 4) is 17.6 Å². The predicted octanol–water partition coefficient (Wildman–Crippen LogP) is 4.22. The molecule has 2 aromatic rings. The Morgan fingerprint density at radius 2 is 1.89 bits per heavy atom. The van der Waals surface area contributed by atoms with Crippen molar-refractivity contribution >= 4 is 0 Å². The van der Waals surface area contributed by atoms with Gasteiger partial charge in [-0.3, -0.25) is 0 Å². The maximum Gasteiger partial charge on any atom is 0.145 e. The van der Waals surface area contributed by atoms with Crippen molar-refractivity contribution in [3.63, 3.8) is 0 Å². The number of hydrogen-bond donors (Lipinski definition) is 0. The van der Waals surface area contributed by atoms with Crippen LogP contribution in [0.2, 0.25) is 0 Å². The van der Waals surface area contributed by atoms with Crippen LogP contribution < -0.4 is 4.74 Å². The molecule has 0 aliphatic rings. The summed E-state index contributed by atoms with van der Waals surface area (Å²) in [6.07, 6.45) is 0.907. The lowest BCUT2D eigenvalue weighted by Gasteiger charge is -2.11. The topological polar surface area (TPSA) is 33.0 Å². The van der Waals surface area contributed by atoms with Crippen LogP contribution in [0.4, 0.5) is 0 Å². The summed E-state index contributed by atoms with van der Waals surface area (Å²) in [6, 6.07) is 15.7. The maximum absolute atomic E-state index is 9.08. The molecule has 0 amide bonds. The average molecular weight is 237 g/mol. The minimum atomic E-state index is 0.562. The van der Waals surface area contributed by atoms with E-state index in [1.165, 1.54) is 0 Å². The van der Waals surface area contributed by atoms with E-state index in [4.69, 9.17) is 10.00 Å². The number of nitriles is 1. The molecule has 2 nitrogen and oxygen atoms in total. The molecule has 90 valence electrons. The molecule has 0 bridgehead atoms. The van der Waals surface area contributed by atoms with Crippen LogP contribution in [0.5, 0.6) is 11.5 Å². The molecule has 0 aromatic heterocycles. The SMILES string of the molecule is CCc1ccccc1Oc1cc(C)ccc1C#N. The molecule has 0 unspecified atom stereocenters. The van der Waals surface area contributed by atoms with Gasteiger partial charge in [0.1, 0.15) is 17.6 Å². The lowest BCUT2D eigenvalue weighted by Crippen LogP contribution is -1.93. The van der Waals surface area contributed by atoms with E-state index in [0.29, 0.717) is 11.3 Å². The zero-order chi connectivity index (χ0) is 13.0. The molecule has 2 aromatic carbocycles. The van der Waals surface area contributed by atoms with E-state index in [2.05, 4.69) is 13.0 Å². The van der Waals surface area contributed by atoms with Crippen LogP contribution in [0.3, 0.4) is 0 Å². The van der Waals surface area contributed by atoms with Crippen LogP contribution in [-0.2, 0) is 6.42 Å². The average Bonchev–Trinajstić information content (AvgIpc) is 2.40. The highest BCUT2D eigenvalue weighted by atomic mass is 16.5. The number of nitrogens with zero attached hydrogens (tertiary/aromatic N) is 1. The number of benzene rings is 2. The molecule has 2 heteroatoms. The van der Waals surface area contributed by atoms with Gasteiger partial charge in [-0.2, -0.15) is 5.26 Å². The van der Waals surface area contributed by atoms with Gasteiger partial charge in [0.05, 0.1) is 5.56 Å². The fourth-order valence-electron chi connectivity index (χ4n) is 1.82. The van der Waals surface area contributed by atoms with Gasteiger partial charge in [-0.25, -0.2) is 0 Å². The molecule has 0 saturated carbocycles. The number of para-hydroxylation sites is 1. The van der Waals surface area contributed by atoms with Crippen LogP contribution >= 0.6 is 0 Å². The Kier molecular flexibility index (Phi) is 3.64. The third-order valence-corrected chi connectivity index (χ3v) is 2.83. The number of rotatable bonds is 3. The van der Waals surface area contributed by atoms with Gasteiger partial charge < -0.3 is 4.74 Å². The van der Waals surface area contributed by atoms with E-state index < -0.39 is 0 Å². The smallest absolute Gasteiger partial charge is 0.145 e. The largest absolute Gasteiger partial charge is 0.456 e. The first-order valence-electron chi connectivity index (χ1n) is 6.01. The van der Waals surface area contributed by atoms with Crippen LogP contribution in [0, 0.1) is 18.3 Å². The van der Waals surface area contributed by atoms with Crippen molar-refractivity contribution in [2.45, 2.75) is 20.3 Å². The summed E-state index contributed by atoms with van der Waals surface area (Å²) in [4.78, 5) is 0. The quantitative estimate of drug-likeness (QED) is 0.800. The monoisotopic (exact) mass is 237 g/mol. The van der Waals surface area contributed by atoms with E-state index in [9.17, 15) is 0 Å². The molecule has 0 spiro atoms. The van der Waals surface area contributed by atoms with Crippen LogP contribution in [0.1, 0.15) is 23.6 Å². The van der Waals surface area contributed by atoms with E-state index in [1.807, 2.05) is 43.3 Å². The Balaban J connectivity index is 2.40. The van der Waals surface area contributed by atoms with E-state index in [-0.39, 0.29) is 0 Å². The van der Waals surface area contributed by atoms with Gasteiger partial charge in [0.2, 0.25) is 0 Å². The third-order valence-electron chi connectivity index (χ3n) is 2.83. The van der Waals surface area contributed by atoms with Crippen molar-refractivity contribution in [1.82, 2.24) is 0 Å². The summed E-state index contributed by atoms with van der Waals surface area (Å²) in [6.45, 7) is 4.07. The molecule has 0 aliphatic heterocycles. The second-order valence-corrected chi connectivity index (χ2v) is 4.17. The minimum absolute atomic E-state index is 0.562. The highest BCUT2D eigenvalue weighted by Gasteiger charge is 2.07. The Labute approximate surface area is 107 Å². The van der Waals surface area contributed by atoms with Crippen molar-refractivity contribution in [3.05, 3.63) is 59.2 Å². The molecule has 0 radical (unpaired) electrons. The minimum Gasteiger partial charge on any atom is -0.456 e. The zero-order valence-electron chi connectivity index (χ0n) is 10.6. The molecule has 0 atom stereocenters. The first-order valence-corrected chi connectivity index (χ1v) is 6.01. The van der Waals surface area contributed by atoms with Gasteiger partial charge in [0.25, 0.3) is 0 Å². The Morgan fingerprint density at radius 1 is 1.11 bits per heavy atom. The summed E-state index contributed by atoms with van der Waals surface area (Å²) in [7, 11) is 0. The second-order valence-electron chi connectivity index (χ2n) is 4.17. The first kappa shape index (κ1) is 12.2. The zero-order valence-corrected chi connectivity index (χ0v) is 10.6. The van der Waals surface area contributed by atoms with Gasteiger partial charge >= 0.3 is 0 Å². The first-order chi connectivity index (χ1) is 8.74. The summed E-state index contributed by atoms with van der Waals surface area (Å²) in [5.74, 6) is 1.44. The van der Waals surface area contributed by atoms with Crippen molar-refractivity contribution in [1.29, 1.82) is 5.26 Å². The predicted molar refractivity (Wildman–Crippen MR) is 71.8 cm³/mol. The lowest BCUT2D eigenvalue weighted by atomic mass is 10.1. The summed E-state index contributed by atoms with van der Waals surface area (Å²) in [5.41, 5.74) is 2.78. The van der Waals surface area contributed by atoms with Gasteiger partial charge in [0, 0.05) is 0 Å². The molecule has 2 rings (SSSR count). The highest BCUT2D eigenvalue weighted by molar-refractivity contribution is 5.48. The Hall–Kier alpha value is -2.27. The highest BCUT2D eigenvalue weighted by Crippen LogP contribution is 2.28. The molecule has 0 heterocycles. The number of ether oxygens (including phenoxy) is 1. The van der Waals surface area contributed by atoms with E-state index in [1.54, 1.807) is 6.07 Å². The van der Waals surface area contributed by atoms with Gasteiger partial charge in [-0.05, 0) is 42.7 Å². The Morgan fingerprint density at radius 3 is 2.61 bits per heavy atom. The van der Waals surface area contributed by atoms with Gasteiger partial charge in [-0.1, -0.05) is 31.2 Å². The molecule has 0 aliphatic carbocycles. The van der Waals surface area contributed by atoms with Crippen molar-refractivity contribution < 1.29 is 4.74 Å². The molecular weight excluding hydrogens is 222 g/mol. The third kappa shape index (κ3) is 2.52. The fourth-order valence-corrected chi connectivity index (χ4v) is 1.82. The summed E-state index contributed by atoms with van der Waals surface area (Å²) < 4.78 is 5.88. The molecule has 0 N–H and O–H groups in total. The van der Waals surface area contributed by atoms with Crippen LogP contribution in [0.25, 0.3) is 0 Å². The van der Waals surface area contributed by atoms with Gasteiger partial charge in [0.15, 0.2) is 0 Å². The lowest BCUT2D eigenvalue weighted by molar-refractivity contribution is 0.475. The van der Waals surface area contributed by atoms with Crippen LogP contribution in [0.15, 0.2) is 42.5 Å². The molecular formula is C16H15NO. The van der Waals surface area contributed by atoms with Crippen molar-refractivity contribution in [2.24, 2.45) is 0 Å². The molecule has 0 fully saturated rings. The van der Waals surface area contributed by atoms with Crippen molar-refractivity contribution in [2.75, 3.05) is 0 Å². The van der Waals surface area contributed by atoms with Gasteiger partial charge in [-0.15, -0.1) is 0 Å². The standard InChI is InChI=1S/C16H15NO/c1-3-13-6-4-5-7-15(13)18-16-10-12(2)8-9-14(16)11-17/h4-10H,3H2,1-2H3. The number of aryl methyl sites for hydroxylation is 2. The Bertz CT molecular complexity index is 596. The second kappa shape index (κ2) is 5.37. The van der Waals surface area contributed by atoms with E-state index >= 15 is 0 Å². The summed E-state index contributed by atoms with van der Waals surface area (Å²) >= 11 is 0. The normalized spacial score (nSPS) is 9.83. The fraction of sp³-hybridized carbons (Fsp3) is 0.188. The molecule has 0 saturated heterocycles. The van der Waals surface area contributed by atoms with E-state index in [0.717, 1.165) is 23.3 Å². The molecule has 18 heavy (non-hydrogen) atoms. The van der Waals surface area contributed by atoms with Crippen LogP contribution in [-0.4, -0.2) is 0 Å².